The van der Waals surface area contributed by atoms with Crippen molar-refractivity contribution in [3.8, 4) is 0 Å². The summed E-state index contributed by atoms with van der Waals surface area (Å²) in [7, 11) is 0. The van der Waals surface area contributed by atoms with Crippen molar-refractivity contribution in [1.82, 2.24) is 0 Å². The topological polar surface area (TPSA) is 49.4 Å². The third-order valence-corrected chi connectivity index (χ3v) is 4.10. The zero-order valence-corrected chi connectivity index (χ0v) is 14.0. The van der Waals surface area contributed by atoms with Crippen LogP contribution in [0.4, 0.5) is 15.8 Å². The highest BCUT2D eigenvalue weighted by Crippen LogP contribution is 2.27. The predicted octanol–water partition coefficient (Wildman–Crippen LogP) is 3.91. The van der Waals surface area contributed by atoms with Crippen LogP contribution in [0.5, 0.6) is 0 Å². The maximum absolute atomic E-state index is 13.1. The quantitative estimate of drug-likeness (QED) is 0.859. The molecule has 3 rings (SSSR count). The van der Waals surface area contributed by atoms with Crippen LogP contribution in [-0.2, 0) is 9.59 Å². The smallest absolute Gasteiger partial charge is 0.248 e. The molecule has 1 aliphatic heterocycles. The normalized spacial score (nSPS) is 14.3. The Labute approximate surface area is 146 Å². The van der Waals surface area contributed by atoms with Gasteiger partial charge in [0.05, 0.1) is 0 Å². The standard InChI is InChI=1S/C20H19FN2O2/c1-14-12-17(8-9-18(14)23-11-3-6-20(23)25)22-19(24)10-7-15-4-2-5-16(21)13-15/h2,4-5,7-10,12-13H,3,6,11H2,1H3,(H,22,24). The highest BCUT2D eigenvalue weighted by molar-refractivity contribution is 6.02. The number of hydrogen-bond acceptors (Lipinski definition) is 2. The van der Waals surface area contributed by atoms with Crippen LogP contribution in [0.15, 0.2) is 48.5 Å². The van der Waals surface area contributed by atoms with Crippen molar-refractivity contribution in [2.24, 2.45) is 0 Å². The van der Waals surface area contributed by atoms with Crippen molar-refractivity contribution in [1.29, 1.82) is 0 Å². The van der Waals surface area contributed by atoms with E-state index < -0.39 is 0 Å². The van der Waals surface area contributed by atoms with Crippen LogP contribution in [-0.4, -0.2) is 18.4 Å². The molecule has 1 N–H and O–H groups in total. The number of halogens is 1. The number of hydrogen-bond donors (Lipinski definition) is 1. The first-order valence-electron chi connectivity index (χ1n) is 8.18. The van der Waals surface area contributed by atoms with Crippen molar-refractivity contribution in [2.45, 2.75) is 19.8 Å². The lowest BCUT2D eigenvalue weighted by atomic mass is 10.1. The van der Waals surface area contributed by atoms with Gasteiger partial charge in [0, 0.05) is 30.4 Å². The third kappa shape index (κ3) is 4.12. The molecule has 0 bridgehead atoms. The van der Waals surface area contributed by atoms with Gasteiger partial charge in [-0.15, -0.1) is 0 Å². The number of rotatable bonds is 4. The van der Waals surface area contributed by atoms with Gasteiger partial charge in [-0.25, -0.2) is 4.39 Å². The first kappa shape index (κ1) is 16.9. The first-order chi connectivity index (χ1) is 12.0. The Bertz CT molecular complexity index is 845. The fourth-order valence-corrected chi connectivity index (χ4v) is 2.91. The lowest BCUT2D eigenvalue weighted by molar-refractivity contribution is -0.117. The summed E-state index contributed by atoms with van der Waals surface area (Å²) in [4.78, 5) is 25.7. The maximum Gasteiger partial charge on any atom is 0.248 e. The lowest BCUT2D eigenvalue weighted by Gasteiger charge is -2.19. The van der Waals surface area contributed by atoms with E-state index in [0.29, 0.717) is 17.7 Å². The molecular formula is C20H19FN2O2. The molecule has 0 saturated carbocycles. The summed E-state index contributed by atoms with van der Waals surface area (Å²) < 4.78 is 13.1. The molecule has 0 aliphatic carbocycles. The van der Waals surface area contributed by atoms with Gasteiger partial charge < -0.3 is 10.2 Å². The van der Waals surface area contributed by atoms with E-state index in [1.54, 1.807) is 29.2 Å². The molecule has 1 heterocycles. The summed E-state index contributed by atoms with van der Waals surface area (Å²) in [5.41, 5.74) is 3.09. The highest BCUT2D eigenvalue weighted by atomic mass is 19.1. The lowest BCUT2D eigenvalue weighted by Crippen LogP contribution is -2.24. The second-order valence-corrected chi connectivity index (χ2v) is 6.03. The molecule has 128 valence electrons. The third-order valence-electron chi connectivity index (χ3n) is 4.10. The van der Waals surface area contributed by atoms with Gasteiger partial charge in [-0.05, 0) is 60.9 Å². The molecule has 2 aromatic rings. The van der Waals surface area contributed by atoms with Gasteiger partial charge in [-0.3, -0.25) is 9.59 Å². The van der Waals surface area contributed by atoms with E-state index in [1.165, 1.54) is 18.2 Å². The van der Waals surface area contributed by atoms with Gasteiger partial charge in [-0.1, -0.05) is 12.1 Å². The van der Waals surface area contributed by atoms with Crippen molar-refractivity contribution in [2.75, 3.05) is 16.8 Å². The molecule has 0 spiro atoms. The second-order valence-electron chi connectivity index (χ2n) is 6.03. The molecule has 0 aromatic heterocycles. The number of nitrogens with one attached hydrogen (secondary N) is 1. The zero-order valence-electron chi connectivity index (χ0n) is 14.0. The fourth-order valence-electron chi connectivity index (χ4n) is 2.91. The van der Waals surface area contributed by atoms with E-state index in [1.807, 2.05) is 19.1 Å². The second kappa shape index (κ2) is 7.30. The predicted molar refractivity (Wildman–Crippen MR) is 96.8 cm³/mol. The molecule has 2 aromatic carbocycles. The van der Waals surface area contributed by atoms with E-state index in [2.05, 4.69) is 5.32 Å². The van der Waals surface area contributed by atoms with E-state index in [4.69, 9.17) is 0 Å². The maximum atomic E-state index is 13.1. The minimum atomic E-state index is -0.342. The van der Waals surface area contributed by atoms with Crippen molar-refractivity contribution < 1.29 is 14.0 Å². The van der Waals surface area contributed by atoms with Crippen LogP contribution in [0.2, 0.25) is 0 Å². The Morgan fingerprint density at radius 1 is 1.24 bits per heavy atom. The molecule has 0 radical (unpaired) electrons. The Kier molecular flexibility index (Phi) is 4.93. The first-order valence-corrected chi connectivity index (χ1v) is 8.18. The summed E-state index contributed by atoms with van der Waals surface area (Å²) in [6.45, 7) is 2.65. The molecule has 0 unspecified atom stereocenters. The Balaban J connectivity index is 1.67. The van der Waals surface area contributed by atoms with Gasteiger partial charge in [-0.2, -0.15) is 0 Å². The monoisotopic (exact) mass is 338 g/mol. The van der Waals surface area contributed by atoms with Crippen LogP contribution in [0, 0.1) is 12.7 Å². The van der Waals surface area contributed by atoms with Gasteiger partial charge in [0.2, 0.25) is 11.8 Å². The molecule has 1 fully saturated rings. The summed E-state index contributed by atoms with van der Waals surface area (Å²) in [6, 6.07) is 11.5. The fraction of sp³-hybridized carbons (Fsp3) is 0.200. The molecule has 0 atom stereocenters. The number of carbonyl (C=O) groups is 2. The van der Waals surface area contributed by atoms with Gasteiger partial charge in [0.25, 0.3) is 0 Å². The number of nitrogens with zero attached hydrogens (tertiary/aromatic N) is 1. The number of benzene rings is 2. The van der Waals surface area contributed by atoms with Gasteiger partial charge in [0.15, 0.2) is 0 Å². The van der Waals surface area contributed by atoms with Gasteiger partial charge >= 0.3 is 0 Å². The average Bonchev–Trinajstić information content (AvgIpc) is 2.99. The van der Waals surface area contributed by atoms with Crippen molar-refractivity contribution in [3.63, 3.8) is 0 Å². The molecule has 4 nitrogen and oxygen atoms in total. The van der Waals surface area contributed by atoms with Crippen LogP contribution >= 0.6 is 0 Å². The van der Waals surface area contributed by atoms with E-state index in [0.717, 1.165) is 24.2 Å². The van der Waals surface area contributed by atoms with Gasteiger partial charge in [0.1, 0.15) is 5.82 Å². The van der Waals surface area contributed by atoms with Crippen molar-refractivity contribution in [3.05, 3.63) is 65.5 Å². The Morgan fingerprint density at radius 3 is 2.76 bits per heavy atom. The minimum Gasteiger partial charge on any atom is -0.323 e. The summed E-state index contributed by atoms with van der Waals surface area (Å²) in [5.74, 6) is -0.503. The van der Waals surface area contributed by atoms with Crippen molar-refractivity contribution >= 4 is 29.3 Å². The minimum absolute atomic E-state index is 0.137. The largest absolute Gasteiger partial charge is 0.323 e. The van der Waals surface area contributed by atoms with Crippen LogP contribution in [0.1, 0.15) is 24.0 Å². The number of amides is 2. The molecule has 2 amide bonds. The molecule has 1 aliphatic rings. The highest BCUT2D eigenvalue weighted by Gasteiger charge is 2.22. The number of anilines is 2. The number of carbonyl (C=O) groups excluding carboxylic acids is 2. The van der Waals surface area contributed by atoms with E-state index >= 15 is 0 Å². The molecule has 1 saturated heterocycles. The number of aryl methyl sites for hydroxylation is 1. The summed E-state index contributed by atoms with van der Waals surface area (Å²) in [6.07, 6.45) is 4.38. The summed E-state index contributed by atoms with van der Waals surface area (Å²) in [5, 5.41) is 2.77. The Hall–Kier alpha value is -2.95. The average molecular weight is 338 g/mol. The SMILES string of the molecule is Cc1cc(NC(=O)C=Cc2cccc(F)c2)ccc1N1CCCC1=O. The van der Waals surface area contributed by atoms with Crippen LogP contribution < -0.4 is 10.2 Å². The zero-order chi connectivity index (χ0) is 17.8. The summed E-state index contributed by atoms with van der Waals surface area (Å²) >= 11 is 0. The Morgan fingerprint density at radius 2 is 2.08 bits per heavy atom. The molecule has 5 heteroatoms. The van der Waals surface area contributed by atoms with Crippen LogP contribution in [0.25, 0.3) is 6.08 Å². The van der Waals surface area contributed by atoms with Crippen LogP contribution in [0.3, 0.4) is 0 Å². The molecular weight excluding hydrogens is 319 g/mol. The van der Waals surface area contributed by atoms with E-state index in [9.17, 15) is 14.0 Å². The molecule has 25 heavy (non-hydrogen) atoms. The van der Waals surface area contributed by atoms with E-state index in [-0.39, 0.29) is 17.6 Å².